The van der Waals surface area contributed by atoms with E-state index in [1.807, 2.05) is 35.2 Å². The van der Waals surface area contributed by atoms with Crippen molar-refractivity contribution in [2.75, 3.05) is 6.54 Å². The summed E-state index contributed by atoms with van der Waals surface area (Å²) in [7, 11) is 0. The molecule has 2 aliphatic rings. The smallest absolute Gasteiger partial charge is 0.305 e. The van der Waals surface area contributed by atoms with Gasteiger partial charge in [-0.05, 0) is 37.2 Å². The van der Waals surface area contributed by atoms with E-state index in [1.54, 1.807) is 0 Å². The maximum atomic E-state index is 13.0. The quantitative estimate of drug-likeness (QED) is 0.905. The van der Waals surface area contributed by atoms with Crippen LogP contribution in [0.2, 0.25) is 0 Å². The predicted molar refractivity (Wildman–Crippen MR) is 78.9 cm³/mol. The van der Waals surface area contributed by atoms with E-state index in [1.165, 1.54) is 0 Å². The zero-order valence-corrected chi connectivity index (χ0v) is 12.1. The van der Waals surface area contributed by atoms with Crippen LogP contribution in [0.25, 0.3) is 0 Å². The van der Waals surface area contributed by atoms with Crippen molar-refractivity contribution in [3.8, 4) is 0 Å². The lowest BCUT2D eigenvalue weighted by atomic mass is 9.92. The first kappa shape index (κ1) is 14.1. The molecule has 1 aliphatic carbocycles. The summed E-state index contributed by atoms with van der Waals surface area (Å²) in [4.78, 5) is 25.7. The monoisotopic (exact) mass is 287 g/mol. The standard InChI is InChI=1S/C17H21NO3/c19-15(20)11-14-7-4-10-18(14)17(21)16(13-8-9-13)12-5-2-1-3-6-12/h1-3,5-6,13-14,16H,4,7-11H2,(H,19,20). The Morgan fingerprint density at radius 2 is 1.90 bits per heavy atom. The maximum absolute atomic E-state index is 13.0. The van der Waals surface area contributed by atoms with Crippen LogP contribution < -0.4 is 0 Å². The number of carbonyl (C=O) groups excluding carboxylic acids is 1. The Balaban J connectivity index is 1.79. The Morgan fingerprint density at radius 1 is 1.19 bits per heavy atom. The number of rotatable bonds is 5. The first-order chi connectivity index (χ1) is 10.2. The van der Waals surface area contributed by atoms with E-state index >= 15 is 0 Å². The van der Waals surface area contributed by atoms with Crippen LogP contribution in [0.1, 0.15) is 43.6 Å². The largest absolute Gasteiger partial charge is 0.481 e. The molecule has 2 unspecified atom stereocenters. The molecule has 2 fully saturated rings. The lowest BCUT2D eigenvalue weighted by Crippen LogP contribution is -2.40. The molecular weight excluding hydrogens is 266 g/mol. The first-order valence-electron chi connectivity index (χ1n) is 7.74. The molecule has 1 aliphatic heterocycles. The lowest BCUT2D eigenvalue weighted by Gasteiger charge is -2.28. The van der Waals surface area contributed by atoms with Crippen molar-refractivity contribution in [3.05, 3.63) is 35.9 Å². The molecule has 0 bridgehead atoms. The Morgan fingerprint density at radius 3 is 2.52 bits per heavy atom. The van der Waals surface area contributed by atoms with E-state index < -0.39 is 5.97 Å². The van der Waals surface area contributed by atoms with Gasteiger partial charge in [0.15, 0.2) is 0 Å². The van der Waals surface area contributed by atoms with E-state index in [4.69, 9.17) is 5.11 Å². The van der Waals surface area contributed by atoms with Crippen molar-refractivity contribution in [1.29, 1.82) is 0 Å². The number of benzene rings is 1. The van der Waals surface area contributed by atoms with Crippen LogP contribution in [0.3, 0.4) is 0 Å². The summed E-state index contributed by atoms with van der Waals surface area (Å²) >= 11 is 0. The molecule has 1 saturated carbocycles. The first-order valence-corrected chi connectivity index (χ1v) is 7.74. The van der Waals surface area contributed by atoms with Gasteiger partial charge in [-0.3, -0.25) is 9.59 Å². The number of likely N-dealkylation sites (tertiary alicyclic amines) is 1. The Kier molecular flexibility index (Phi) is 3.95. The fraction of sp³-hybridized carbons (Fsp3) is 0.529. The van der Waals surface area contributed by atoms with Crippen LogP contribution in [0, 0.1) is 5.92 Å². The maximum Gasteiger partial charge on any atom is 0.305 e. The van der Waals surface area contributed by atoms with Gasteiger partial charge in [0.2, 0.25) is 5.91 Å². The van der Waals surface area contributed by atoms with Gasteiger partial charge in [0.1, 0.15) is 0 Å². The van der Waals surface area contributed by atoms with Gasteiger partial charge in [0.05, 0.1) is 12.3 Å². The van der Waals surface area contributed by atoms with Crippen LogP contribution in [-0.2, 0) is 9.59 Å². The van der Waals surface area contributed by atoms with Crippen LogP contribution in [0.15, 0.2) is 30.3 Å². The molecule has 0 radical (unpaired) electrons. The molecule has 1 N–H and O–H groups in total. The number of aliphatic carboxylic acids is 1. The number of carbonyl (C=O) groups is 2. The molecule has 112 valence electrons. The lowest BCUT2D eigenvalue weighted by molar-refractivity contribution is -0.140. The zero-order valence-electron chi connectivity index (χ0n) is 12.1. The molecular formula is C17H21NO3. The van der Waals surface area contributed by atoms with E-state index in [0.29, 0.717) is 12.5 Å². The van der Waals surface area contributed by atoms with E-state index in [-0.39, 0.29) is 24.3 Å². The number of carboxylic acid groups (broad SMARTS) is 1. The second kappa shape index (κ2) is 5.88. The van der Waals surface area contributed by atoms with E-state index in [0.717, 1.165) is 31.2 Å². The van der Waals surface area contributed by atoms with Crippen molar-refractivity contribution in [2.45, 2.75) is 44.1 Å². The summed E-state index contributed by atoms with van der Waals surface area (Å²) in [5.41, 5.74) is 1.07. The third-order valence-corrected chi connectivity index (χ3v) is 4.59. The second-order valence-electron chi connectivity index (χ2n) is 6.15. The van der Waals surface area contributed by atoms with Gasteiger partial charge in [-0.15, -0.1) is 0 Å². The van der Waals surface area contributed by atoms with Crippen LogP contribution in [0.5, 0.6) is 0 Å². The summed E-state index contributed by atoms with van der Waals surface area (Å²) in [6.07, 6.45) is 3.99. The zero-order chi connectivity index (χ0) is 14.8. The molecule has 2 atom stereocenters. The molecule has 0 aromatic heterocycles. The van der Waals surface area contributed by atoms with Gasteiger partial charge < -0.3 is 10.0 Å². The van der Waals surface area contributed by atoms with Gasteiger partial charge in [-0.1, -0.05) is 30.3 Å². The summed E-state index contributed by atoms with van der Waals surface area (Å²) in [6.45, 7) is 0.701. The molecule has 1 saturated heterocycles. The number of amides is 1. The highest BCUT2D eigenvalue weighted by Gasteiger charge is 2.42. The minimum Gasteiger partial charge on any atom is -0.481 e. The Hall–Kier alpha value is -1.84. The number of hydrogen-bond donors (Lipinski definition) is 1. The fourth-order valence-electron chi connectivity index (χ4n) is 3.42. The van der Waals surface area contributed by atoms with E-state index in [9.17, 15) is 9.59 Å². The van der Waals surface area contributed by atoms with Crippen molar-refractivity contribution in [3.63, 3.8) is 0 Å². The highest BCUT2D eigenvalue weighted by Crippen LogP contribution is 2.44. The molecule has 4 nitrogen and oxygen atoms in total. The minimum absolute atomic E-state index is 0.0674. The van der Waals surface area contributed by atoms with Crippen molar-refractivity contribution in [2.24, 2.45) is 5.92 Å². The van der Waals surface area contributed by atoms with Gasteiger partial charge in [-0.2, -0.15) is 0 Å². The summed E-state index contributed by atoms with van der Waals surface area (Å²) in [5, 5.41) is 9.01. The second-order valence-corrected chi connectivity index (χ2v) is 6.15. The Bertz CT molecular complexity index is 524. The molecule has 4 heteroatoms. The van der Waals surface area contributed by atoms with Gasteiger partial charge >= 0.3 is 5.97 Å². The molecule has 3 rings (SSSR count). The van der Waals surface area contributed by atoms with Gasteiger partial charge in [0.25, 0.3) is 0 Å². The van der Waals surface area contributed by atoms with Crippen LogP contribution in [-0.4, -0.2) is 34.5 Å². The fourth-order valence-corrected chi connectivity index (χ4v) is 3.42. The van der Waals surface area contributed by atoms with Gasteiger partial charge in [0, 0.05) is 12.6 Å². The average Bonchev–Trinajstić information content (AvgIpc) is 3.18. The third kappa shape index (κ3) is 3.09. The molecule has 1 heterocycles. The minimum atomic E-state index is -0.817. The van der Waals surface area contributed by atoms with Crippen molar-refractivity contribution >= 4 is 11.9 Å². The third-order valence-electron chi connectivity index (χ3n) is 4.59. The number of nitrogens with zero attached hydrogens (tertiary/aromatic N) is 1. The molecule has 1 aromatic carbocycles. The van der Waals surface area contributed by atoms with Crippen LogP contribution in [0.4, 0.5) is 0 Å². The summed E-state index contributed by atoms with van der Waals surface area (Å²) in [5.74, 6) is -0.332. The van der Waals surface area contributed by atoms with Crippen LogP contribution >= 0.6 is 0 Å². The Labute approximate surface area is 124 Å². The normalized spacial score (nSPS) is 23.0. The molecule has 1 aromatic rings. The highest BCUT2D eigenvalue weighted by atomic mass is 16.4. The topological polar surface area (TPSA) is 57.6 Å². The number of carboxylic acids is 1. The van der Waals surface area contributed by atoms with Crippen molar-refractivity contribution < 1.29 is 14.7 Å². The van der Waals surface area contributed by atoms with E-state index in [2.05, 4.69) is 0 Å². The predicted octanol–water partition coefficient (Wildman–Crippen LogP) is 2.65. The number of hydrogen-bond acceptors (Lipinski definition) is 2. The highest BCUT2D eigenvalue weighted by molar-refractivity contribution is 5.85. The SMILES string of the molecule is O=C(O)CC1CCCN1C(=O)C(c1ccccc1)C1CC1. The molecule has 0 spiro atoms. The van der Waals surface area contributed by atoms with Gasteiger partial charge in [-0.25, -0.2) is 0 Å². The molecule has 21 heavy (non-hydrogen) atoms. The average molecular weight is 287 g/mol. The summed E-state index contributed by atoms with van der Waals surface area (Å²) in [6, 6.07) is 9.81. The molecule has 1 amide bonds. The summed E-state index contributed by atoms with van der Waals surface area (Å²) < 4.78 is 0. The van der Waals surface area contributed by atoms with Crippen molar-refractivity contribution in [1.82, 2.24) is 4.90 Å².